The van der Waals surface area contributed by atoms with E-state index in [9.17, 15) is 4.79 Å². The fourth-order valence-electron chi connectivity index (χ4n) is 1.99. The van der Waals surface area contributed by atoms with Crippen molar-refractivity contribution in [3.63, 3.8) is 0 Å². The van der Waals surface area contributed by atoms with E-state index in [4.69, 9.17) is 10.5 Å². The van der Waals surface area contributed by atoms with Crippen molar-refractivity contribution in [1.82, 2.24) is 5.32 Å². The minimum atomic E-state index is -0.693. The average Bonchev–Trinajstić information content (AvgIpc) is 2.28. The Morgan fingerprint density at radius 2 is 2.23 bits per heavy atom. The summed E-state index contributed by atoms with van der Waals surface area (Å²) in [5.74, 6) is -0.322. The van der Waals surface area contributed by atoms with Crippen molar-refractivity contribution in [2.24, 2.45) is 5.73 Å². The Labute approximate surface area is 78.8 Å². The number of nitrogens with two attached hydrogens (primary N) is 1. The van der Waals surface area contributed by atoms with Crippen molar-refractivity contribution in [1.29, 1.82) is 0 Å². The summed E-state index contributed by atoms with van der Waals surface area (Å²) in [7, 11) is 0. The third kappa shape index (κ3) is 1.44. The van der Waals surface area contributed by atoms with Crippen molar-refractivity contribution < 1.29 is 9.53 Å². The molecule has 1 saturated heterocycles. The summed E-state index contributed by atoms with van der Waals surface area (Å²) in [5.41, 5.74) is 4.22. The number of rotatable bonds is 3. The van der Waals surface area contributed by atoms with E-state index in [0.29, 0.717) is 13.0 Å². The zero-order chi connectivity index (χ0) is 10.1. The lowest BCUT2D eigenvalue weighted by atomic mass is 9.81. The fourth-order valence-corrected chi connectivity index (χ4v) is 1.99. The molecule has 13 heavy (non-hydrogen) atoms. The smallest absolute Gasteiger partial charge is 0.240 e. The SMILES string of the molecule is CCNC1(C(N)=O)CCOC1(C)C. The maximum Gasteiger partial charge on any atom is 0.240 e. The summed E-state index contributed by atoms with van der Waals surface area (Å²) in [5, 5.41) is 3.15. The topological polar surface area (TPSA) is 64.3 Å². The van der Waals surface area contributed by atoms with Gasteiger partial charge >= 0.3 is 0 Å². The summed E-state index contributed by atoms with van der Waals surface area (Å²) in [6.45, 7) is 7.05. The van der Waals surface area contributed by atoms with Crippen LogP contribution in [0.15, 0.2) is 0 Å². The highest BCUT2D eigenvalue weighted by Crippen LogP contribution is 2.35. The van der Waals surface area contributed by atoms with Gasteiger partial charge in [0.05, 0.1) is 5.60 Å². The number of likely N-dealkylation sites (N-methyl/N-ethyl adjacent to an activating group) is 1. The van der Waals surface area contributed by atoms with Gasteiger partial charge in [0, 0.05) is 13.0 Å². The minimum absolute atomic E-state index is 0.322. The Hall–Kier alpha value is -0.610. The van der Waals surface area contributed by atoms with Gasteiger partial charge < -0.3 is 15.8 Å². The number of primary amides is 1. The molecule has 0 radical (unpaired) electrons. The molecule has 1 unspecified atom stereocenters. The van der Waals surface area contributed by atoms with Crippen LogP contribution in [0.4, 0.5) is 0 Å². The van der Waals surface area contributed by atoms with Gasteiger partial charge in [-0.25, -0.2) is 0 Å². The van der Waals surface area contributed by atoms with E-state index in [1.165, 1.54) is 0 Å². The molecular weight excluding hydrogens is 168 g/mol. The first-order valence-corrected chi connectivity index (χ1v) is 4.65. The molecule has 0 aromatic carbocycles. The van der Waals surface area contributed by atoms with E-state index < -0.39 is 11.1 Å². The minimum Gasteiger partial charge on any atom is -0.373 e. The van der Waals surface area contributed by atoms with E-state index in [-0.39, 0.29) is 5.91 Å². The summed E-state index contributed by atoms with van der Waals surface area (Å²) in [6, 6.07) is 0. The third-order valence-electron chi connectivity index (χ3n) is 2.87. The Bertz CT molecular complexity index is 216. The molecule has 1 aliphatic heterocycles. The molecule has 76 valence electrons. The molecule has 4 nitrogen and oxygen atoms in total. The largest absolute Gasteiger partial charge is 0.373 e. The molecule has 1 heterocycles. The first kappa shape index (κ1) is 10.5. The lowest BCUT2D eigenvalue weighted by Gasteiger charge is -2.37. The number of carbonyl (C=O) groups is 1. The second kappa shape index (κ2) is 3.27. The van der Waals surface area contributed by atoms with Gasteiger partial charge in [-0.3, -0.25) is 4.79 Å². The van der Waals surface area contributed by atoms with Gasteiger partial charge in [-0.05, 0) is 20.4 Å². The molecule has 0 aliphatic carbocycles. The maximum atomic E-state index is 11.4. The van der Waals surface area contributed by atoms with Gasteiger partial charge in [0.1, 0.15) is 5.54 Å². The van der Waals surface area contributed by atoms with Crippen LogP contribution in [-0.4, -0.2) is 30.2 Å². The molecule has 0 spiro atoms. The lowest BCUT2D eigenvalue weighted by Crippen LogP contribution is -2.64. The molecule has 4 heteroatoms. The number of hydrogen-bond acceptors (Lipinski definition) is 3. The molecule has 0 saturated carbocycles. The van der Waals surface area contributed by atoms with E-state index in [0.717, 1.165) is 6.54 Å². The molecule has 0 aromatic heterocycles. The van der Waals surface area contributed by atoms with Crippen molar-refractivity contribution in [3.8, 4) is 0 Å². The Balaban J connectivity index is 2.96. The van der Waals surface area contributed by atoms with Crippen LogP contribution in [0.5, 0.6) is 0 Å². The average molecular weight is 186 g/mol. The van der Waals surface area contributed by atoms with Gasteiger partial charge in [0.15, 0.2) is 0 Å². The van der Waals surface area contributed by atoms with E-state index >= 15 is 0 Å². The number of hydrogen-bond donors (Lipinski definition) is 2. The van der Waals surface area contributed by atoms with Gasteiger partial charge in [-0.2, -0.15) is 0 Å². The highest BCUT2D eigenvalue weighted by Gasteiger charge is 2.54. The molecule has 0 bridgehead atoms. The second-order valence-corrected chi connectivity index (χ2v) is 3.91. The highest BCUT2D eigenvalue weighted by atomic mass is 16.5. The van der Waals surface area contributed by atoms with Crippen LogP contribution in [0, 0.1) is 0 Å². The van der Waals surface area contributed by atoms with Gasteiger partial charge in [-0.1, -0.05) is 6.92 Å². The molecule has 1 amide bonds. The monoisotopic (exact) mass is 186 g/mol. The Morgan fingerprint density at radius 1 is 1.62 bits per heavy atom. The molecule has 1 fully saturated rings. The molecule has 1 rings (SSSR count). The van der Waals surface area contributed by atoms with E-state index in [2.05, 4.69) is 5.32 Å². The van der Waals surface area contributed by atoms with Crippen LogP contribution < -0.4 is 11.1 Å². The number of ether oxygens (including phenoxy) is 1. The van der Waals surface area contributed by atoms with E-state index in [1.54, 1.807) is 0 Å². The van der Waals surface area contributed by atoms with Crippen LogP contribution in [0.1, 0.15) is 27.2 Å². The molecule has 1 aliphatic rings. The summed E-state index contributed by atoms with van der Waals surface area (Å²) >= 11 is 0. The molecule has 3 N–H and O–H groups in total. The molecular formula is C9H18N2O2. The normalized spacial score (nSPS) is 31.9. The van der Waals surface area contributed by atoms with Gasteiger partial charge in [-0.15, -0.1) is 0 Å². The van der Waals surface area contributed by atoms with Crippen molar-refractivity contribution in [3.05, 3.63) is 0 Å². The summed E-state index contributed by atoms with van der Waals surface area (Å²) < 4.78 is 5.51. The third-order valence-corrected chi connectivity index (χ3v) is 2.87. The fraction of sp³-hybridized carbons (Fsp3) is 0.889. The van der Waals surface area contributed by atoms with Crippen LogP contribution in [-0.2, 0) is 9.53 Å². The summed E-state index contributed by atoms with van der Waals surface area (Å²) in [4.78, 5) is 11.4. The highest BCUT2D eigenvalue weighted by molar-refractivity contribution is 5.86. The Kier molecular flexibility index (Phi) is 2.63. The van der Waals surface area contributed by atoms with Crippen molar-refractivity contribution in [2.75, 3.05) is 13.2 Å². The number of nitrogens with one attached hydrogen (secondary N) is 1. The van der Waals surface area contributed by atoms with Crippen LogP contribution >= 0.6 is 0 Å². The second-order valence-electron chi connectivity index (χ2n) is 3.91. The quantitative estimate of drug-likeness (QED) is 0.653. The van der Waals surface area contributed by atoms with Crippen LogP contribution in [0.3, 0.4) is 0 Å². The zero-order valence-electron chi connectivity index (χ0n) is 8.52. The lowest BCUT2D eigenvalue weighted by molar-refractivity contribution is -0.130. The van der Waals surface area contributed by atoms with Crippen LogP contribution in [0.2, 0.25) is 0 Å². The summed E-state index contributed by atoms with van der Waals surface area (Å²) in [6.07, 6.45) is 0.656. The van der Waals surface area contributed by atoms with Gasteiger partial charge in [0.2, 0.25) is 5.91 Å². The molecule has 0 aromatic rings. The maximum absolute atomic E-state index is 11.4. The van der Waals surface area contributed by atoms with E-state index in [1.807, 2.05) is 20.8 Å². The van der Waals surface area contributed by atoms with Crippen molar-refractivity contribution >= 4 is 5.91 Å². The van der Waals surface area contributed by atoms with Gasteiger partial charge in [0.25, 0.3) is 0 Å². The van der Waals surface area contributed by atoms with Crippen molar-refractivity contribution in [2.45, 2.75) is 38.3 Å². The zero-order valence-corrected chi connectivity index (χ0v) is 8.52. The predicted molar refractivity (Wildman–Crippen MR) is 50.3 cm³/mol. The predicted octanol–water partition coefficient (Wildman–Crippen LogP) is 0.0189. The standard InChI is InChI=1S/C9H18N2O2/c1-4-11-9(7(10)12)5-6-13-8(9,2)3/h11H,4-6H2,1-3H3,(H2,10,12). The first-order chi connectivity index (χ1) is 5.96. The first-order valence-electron chi connectivity index (χ1n) is 4.65. The molecule has 1 atom stereocenters. The number of carbonyl (C=O) groups excluding carboxylic acids is 1. The number of amides is 1. The van der Waals surface area contributed by atoms with Crippen LogP contribution in [0.25, 0.3) is 0 Å². The Morgan fingerprint density at radius 3 is 2.54 bits per heavy atom.